The Balaban J connectivity index is 0.000000120. The van der Waals surface area contributed by atoms with Crippen LogP contribution >= 0.6 is 81.2 Å². The van der Waals surface area contributed by atoms with Gasteiger partial charge >= 0.3 is 0 Å². The van der Waals surface area contributed by atoms with Crippen molar-refractivity contribution in [1.29, 1.82) is 26.3 Å². The van der Waals surface area contributed by atoms with Gasteiger partial charge in [0.05, 0.1) is 128 Å². The molecule has 10 aromatic heterocycles. The van der Waals surface area contributed by atoms with Crippen molar-refractivity contribution < 1.29 is 13.2 Å². The monoisotopic (exact) mass is 1860 g/mol. The normalized spacial score (nSPS) is 10.8. The number of rotatable bonds is 10. The van der Waals surface area contributed by atoms with Gasteiger partial charge in [-0.15, -0.1) is 0 Å². The van der Waals surface area contributed by atoms with Crippen LogP contribution in [-0.2, 0) is 0 Å². The molecule has 0 bridgehead atoms. The fourth-order valence-corrected chi connectivity index (χ4v) is 15.2. The summed E-state index contributed by atoms with van der Waals surface area (Å²) < 4.78 is 42.0. The SMILES string of the molecule is N#Cc1nc(-c2cc(Cl)c3[nH]ncc3c2)c(-c2ccc(Cl)cc2)nc1N.N#Cc1nc(-c2cc(Cl)c3[nH]ncc3c2)c(-c2cccc(F)c2)nc1N.N#Cc1nc(-c2cc(Cl)c3[nH]ncc3c2)c(-c2ccccc2Cl)nc1N.N#Cc1nc(-c2cc(Cl)c3[nH]ncc3c2)c(-c2ccccc2F)nc1N.N#Cc1nc(-c2ccc3ncccc3c2)c(-c2ccc(Cl)c(F)c2)nc1N. The number of halogens is 10. The third-order valence-corrected chi connectivity index (χ3v) is 21.9. The zero-order valence-electron chi connectivity index (χ0n) is 66.5. The third-order valence-electron chi connectivity index (χ3n) is 19.8. The quantitative estimate of drug-likeness (QED) is 0.0614. The van der Waals surface area contributed by atoms with E-state index in [1.807, 2.05) is 109 Å². The summed E-state index contributed by atoms with van der Waals surface area (Å²) in [6, 6.07) is 64.0. The average Bonchev–Trinajstić information content (AvgIpc) is 1.75. The smallest absolute Gasteiger partial charge is 0.183 e. The largest absolute Gasteiger partial charge is 0.381 e. The lowest BCUT2D eigenvalue weighted by molar-refractivity contribution is 0.628. The molecule has 14 N–H and O–H groups in total. The van der Waals surface area contributed by atoms with Crippen molar-refractivity contribution in [2.24, 2.45) is 0 Å². The standard InChI is InChI=1S/C20H11ClFN5.2C18H10Cl2N6.2C18H10ClFN6/c21-14-5-3-13(9-15(14)22)19-18(26-17(10-23)20(24)27-19)12-4-6-16-11(8-12)2-1-7-25-16;19-12-3-1-9(2-4-12)16-17(24-14(7-21)18(22)25-16)10-5-11-8-23-26-15(11)13(20)6-10;19-12-4-2-1-3-11(12)17-16(24-14(7-21)18(22)25-17)9-5-10-8-23-26-15(10)13(20)6-9;19-13-6-10(4-11-8-23-26-15(11)13)17-16(9-2-1-3-12(20)5-9)25-18(22)14(7-21)24-17;19-12-6-9(5-10-8-23-26-15(10)12)16-17(11-3-1-2-4-13(11)20)25-18(22)14(7-21)24-16/h1-9H,(H2,24,27);4*1-6,8H,(H2,22,25)(H,23,26). The predicted octanol–water partition coefficient (Wildman–Crippen LogP) is 21.4. The van der Waals surface area contributed by atoms with Crippen molar-refractivity contribution in [3.63, 3.8) is 0 Å². The molecule has 20 rings (SSSR count). The molecule has 0 saturated heterocycles. The van der Waals surface area contributed by atoms with Crippen molar-refractivity contribution in [2.75, 3.05) is 28.7 Å². The van der Waals surface area contributed by atoms with E-state index in [4.69, 9.17) is 110 Å². The highest BCUT2D eigenvalue weighted by Crippen LogP contribution is 2.43. The second-order valence-corrected chi connectivity index (χ2v) is 30.9. The number of nitrogens with two attached hydrogens (primary N) is 5. The van der Waals surface area contributed by atoms with Gasteiger partial charge in [0.25, 0.3) is 0 Å². The number of anilines is 5. The highest BCUT2D eigenvalue weighted by molar-refractivity contribution is 6.37. The van der Waals surface area contributed by atoms with E-state index in [0.29, 0.717) is 137 Å². The molecule has 0 radical (unpaired) electrons. The van der Waals surface area contributed by atoms with Gasteiger partial charge in [-0.25, -0.2) is 63.0 Å². The number of nitrogens with one attached hydrogen (secondary N) is 4. The first-order chi connectivity index (χ1) is 63.3. The lowest BCUT2D eigenvalue weighted by Crippen LogP contribution is -2.04. The van der Waals surface area contributed by atoms with Gasteiger partial charge in [-0.2, -0.15) is 46.7 Å². The second-order valence-electron chi connectivity index (χ2n) is 28.0. The predicted molar refractivity (Wildman–Crippen MR) is 499 cm³/mol. The Hall–Kier alpha value is -16.8. The number of aromatic amines is 4. The maximum absolute atomic E-state index is 14.4. The molecular formula is C92H51Cl7F3N29. The van der Waals surface area contributed by atoms with Gasteiger partial charge in [0.15, 0.2) is 57.6 Å². The van der Waals surface area contributed by atoms with Crippen molar-refractivity contribution in [3.05, 3.63) is 306 Å². The molecule has 10 heterocycles. The van der Waals surface area contributed by atoms with E-state index in [1.165, 1.54) is 30.3 Å². The molecule has 10 aromatic carbocycles. The number of nitrogens with zero attached hydrogens (tertiary/aromatic N) is 20. The summed E-state index contributed by atoms with van der Waals surface area (Å²) in [5, 5.41) is 80.6. The van der Waals surface area contributed by atoms with Crippen LogP contribution in [0.5, 0.6) is 0 Å². The van der Waals surface area contributed by atoms with E-state index < -0.39 is 17.5 Å². The number of pyridine rings is 1. The van der Waals surface area contributed by atoms with Crippen LogP contribution in [0.3, 0.4) is 0 Å². The third kappa shape index (κ3) is 18.3. The topological polar surface area (TPSA) is 506 Å². The minimum atomic E-state index is -0.576. The van der Waals surface area contributed by atoms with E-state index in [9.17, 15) is 39.5 Å². The zero-order chi connectivity index (χ0) is 92.0. The Kier molecular flexibility index (Phi) is 25.3. The molecule has 29 nitrogen and oxygen atoms in total. The van der Waals surface area contributed by atoms with E-state index >= 15 is 0 Å². The summed E-state index contributed by atoms with van der Waals surface area (Å²) in [6.45, 7) is 0. The van der Waals surface area contributed by atoms with E-state index in [1.54, 1.807) is 116 Å². The minimum Gasteiger partial charge on any atom is -0.381 e. The van der Waals surface area contributed by atoms with Crippen molar-refractivity contribution in [1.82, 2.24) is 95.6 Å². The molecule has 20 aromatic rings. The molecule has 0 aliphatic heterocycles. The van der Waals surface area contributed by atoms with Crippen molar-refractivity contribution >= 4 is 165 Å². The molecule has 0 unspecified atom stereocenters. The first-order valence-corrected chi connectivity index (χ1v) is 40.7. The van der Waals surface area contributed by atoms with Gasteiger partial charge in [-0.05, 0) is 121 Å². The van der Waals surface area contributed by atoms with E-state index in [0.717, 1.165) is 49.0 Å². The number of benzene rings is 10. The fraction of sp³-hybridized carbons (Fsp3) is 0. The molecule has 634 valence electrons. The van der Waals surface area contributed by atoms with Crippen LogP contribution in [0.1, 0.15) is 28.5 Å². The van der Waals surface area contributed by atoms with Gasteiger partial charge in [-0.3, -0.25) is 25.4 Å². The lowest BCUT2D eigenvalue weighted by atomic mass is 10.0. The maximum atomic E-state index is 14.4. The Morgan fingerprint density at radius 2 is 0.611 bits per heavy atom. The molecule has 0 amide bonds. The molecule has 0 spiro atoms. The van der Waals surface area contributed by atoms with E-state index in [2.05, 4.69) is 95.6 Å². The first kappa shape index (κ1) is 87.6. The minimum absolute atomic E-state index is 0.00616. The van der Waals surface area contributed by atoms with E-state index in [-0.39, 0.29) is 73.8 Å². The highest BCUT2D eigenvalue weighted by Gasteiger charge is 2.26. The Labute approximate surface area is 772 Å². The molecule has 0 atom stereocenters. The van der Waals surface area contributed by atoms with Crippen LogP contribution < -0.4 is 28.7 Å². The lowest BCUT2D eigenvalue weighted by Gasteiger charge is -2.12. The van der Waals surface area contributed by atoms with Gasteiger partial charge in [0.2, 0.25) is 0 Å². The molecule has 0 saturated carbocycles. The van der Waals surface area contributed by atoms with Crippen molar-refractivity contribution in [2.45, 2.75) is 0 Å². The summed E-state index contributed by atoms with van der Waals surface area (Å²) in [4.78, 5) is 47.8. The number of fused-ring (bicyclic) bond motifs is 5. The second kappa shape index (κ2) is 37.8. The number of nitriles is 5. The van der Waals surface area contributed by atoms with Gasteiger partial charge < -0.3 is 28.7 Å². The molecule has 131 heavy (non-hydrogen) atoms. The maximum Gasteiger partial charge on any atom is 0.183 e. The Morgan fingerprint density at radius 1 is 0.267 bits per heavy atom. The molecule has 0 aliphatic carbocycles. The van der Waals surface area contributed by atoms with Crippen LogP contribution in [0, 0.1) is 74.1 Å². The van der Waals surface area contributed by atoms with Crippen LogP contribution in [0.25, 0.3) is 167 Å². The molecule has 0 fully saturated rings. The number of H-pyrrole nitrogens is 4. The molecule has 0 aliphatic rings. The first-order valence-electron chi connectivity index (χ1n) is 38.1. The highest BCUT2D eigenvalue weighted by atomic mass is 35.5. The number of nitrogen functional groups attached to an aromatic ring is 5. The fourth-order valence-electron chi connectivity index (χ4n) is 13.7. The van der Waals surface area contributed by atoms with Gasteiger partial charge in [0.1, 0.15) is 59.2 Å². The number of hydrogen-bond donors (Lipinski definition) is 9. The van der Waals surface area contributed by atoms with Crippen LogP contribution in [0.4, 0.5) is 42.3 Å². The van der Waals surface area contributed by atoms with Gasteiger partial charge in [0, 0.05) is 93.8 Å². The number of aromatic nitrogens is 19. The van der Waals surface area contributed by atoms with Crippen LogP contribution in [-0.4, -0.2) is 95.6 Å². The van der Waals surface area contributed by atoms with Crippen molar-refractivity contribution in [3.8, 4) is 143 Å². The summed E-state index contributed by atoms with van der Waals surface area (Å²) >= 11 is 43.4. The molecule has 39 heteroatoms. The van der Waals surface area contributed by atoms with Gasteiger partial charge in [-0.1, -0.05) is 154 Å². The summed E-state index contributed by atoms with van der Waals surface area (Å²) in [5.74, 6) is -1.46. The van der Waals surface area contributed by atoms with Crippen LogP contribution in [0.2, 0.25) is 35.2 Å². The summed E-state index contributed by atoms with van der Waals surface area (Å²) in [7, 11) is 0. The summed E-state index contributed by atoms with van der Waals surface area (Å²) in [5.41, 5.74) is 42.9. The Bertz CT molecular complexity index is 8010. The zero-order valence-corrected chi connectivity index (χ0v) is 71.8. The van der Waals surface area contributed by atoms with Crippen LogP contribution in [0.15, 0.2) is 225 Å². The Morgan fingerprint density at radius 3 is 1.02 bits per heavy atom. The average molecular weight is 1870 g/mol. The molecular weight excluding hydrogens is 1820 g/mol. The summed E-state index contributed by atoms with van der Waals surface area (Å²) in [6.07, 6.45) is 8.28. The number of hydrogen-bond acceptors (Lipinski definition) is 25.